The smallest absolute Gasteiger partial charge is 0.308 e. The van der Waals surface area contributed by atoms with Crippen molar-refractivity contribution in [3.63, 3.8) is 0 Å². The third-order valence-electron chi connectivity index (χ3n) is 3.56. The summed E-state index contributed by atoms with van der Waals surface area (Å²) in [5.74, 6) is -0.228. The molecule has 1 atom stereocenters. The molecule has 0 bridgehead atoms. The second-order valence-corrected chi connectivity index (χ2v) is 6.23. The average Bonchev–Trinajstić information content (AvgIpc) is 2.72. The van der Waals surface area contributed by atoms with Crippen molar-refractivity contribution < 1.29 is 14.3 Å². The highest BCUT2D eigenvalue weighted by molar-refractivity contribution is 7.80. The number of hydrogen-bond donors (Lipinski definition) is 0. The lowest BCUT2D eigenvalue weighted by atomic mass is 10.1. The van der Waals surface area contributed by atoms with Crippen LogP contribution in [-0.2, 0) is 14.3 Å². The van der Waals surface area contributed by atoms with Gasteiger partial charge in [0.25, 0.3) is 5.91 Å². The summed E-state index contributed by atoms with van der Waals surface area (Å²) in [6.07, 6.45) is 0.0167. The number of carbonyl (C=O) groups is 2. The molecular formula is C17H22N2O3S. The van der Waals surface area contributed by atoms with E-state index in [9.17, 15) is 9.59 Å². The minimum absolute atomic E-state index is 0.0167. The molecule has 6 heteroatoms. The molecule has 124 valence electrons. The fourth-order valence-corrected chi connectivity index (χ4v) is 3.02. The highest BCUT2D eigenvalue weighted by atomic mass is 32.1. The monoisotopic (exact) mass is 334 g/mol. The third-order valence-corrected chi connectivity index (χ3v) is 3.98. The van der Waals surface area contributed by atoms with E-state index in [0.717, 1.165) is 5.69 Å². The molecule has 1 aromatic carbocycles. The van der Waals surface area contributed by atoms with Crippen LogP contribution in [0.2, 0.25) is 0 Å². The summed E-state index contributed by atoms with van der Waals surface area (Å²) < 4.78 is 5.00. The molecule has 1 aromatic rings. The van der Waals surface area contributed by atoms with E-state index in [2.05, 4.69) is 13.8 Å². The molecule has 0 saturated carbocycles. The third kappa shape index (κ3) is 3.88. The number of anilines is 1. The summed E-state index contributed by atoms with van der Waals surface area (Å²) >= 11 is 5.51. The van der Waals surface area contributed by atoms with Crippen LogP contribution in [0.1, 0.15) is 27.2 Å². The first kappa shape index (κ1) is 17.4. The number of carbonyl (C=O) groups excluding carboxylic acids is 2. The molecule has 0 aromatic heterocycles. The molecule has 1 heterocycles. The Labute approximate surface area is 142 Å². The molecule has 0 aliphatic carbocycles. The second kappa shape index (κ2) is 7.55. The summed E-state index contributed by atoms with van der Waals surface area (Å²) in [7, 11) is 0. The first-order chi connectivity index (χ1) is 11.0. The summed E-state index contributed by atoms with van der Waals surface area (Å²) in [5, 5.41) is 0.448. The molecule has 2 rings (SSSR count). The van der Waals surface area contributed by atoms with E-state index < -0.39 is 6.04 Å². The predicted octanol–water partition coefficient (Wildman–Crippen LogP) is 2.60. The molecule has 0 unspecified atom stereocenters. The van der Waals surface area contributed by atoms with Crippen molar-refractivity contribution >= 4 is 34.9 Å². The predicted molar refractivity (Wildman–Crippen MR) is 93.1 cm³/mol. The maximum absolute atomic E-state index is 12.8. The van der Waals surface area contributed by atoms with Gasteiger partial charge in [0, 0.05) is 6.54 Å². The van der Waals surface area contributed by atoms with Gasteiger partial charge < -0.3 is 9.64 Å². The summed E-state index contributed by atoms with van der Waals surface area (Å²) in [6, 6.07) is 8.68. The van der Waals surface area contributed by atoms with Gasteiger partial charge in [-0.3, -0.25) is 14.5 Å². The van der Waals surface area contributed by atoms with E-state index in [1.165, 1.54) is 4.90 Å². The number of rotatable bonds is 6. The van der Waals surface area contributed by atoms with Gasteiger partial charge in [0.1, 0.15) is 6.04 Å². The zero-order valence-electron chi connectivity index (χ0n) is 13.7. The number of hydrogen-bond acceptors (Lipinski definition) is 4. The number of esters is 1. The minimum atomic E-state index is -0.593. The Morgan fingerprint density at radius 3 is 2.52 bits per heavy atom. The molecule has 0 radical (unpaired) electrons. The van der Waals surface area contributed by atoms with Crippen LogP contribution in [0.25, 0.3) is 0 Å². The fourth-order valence-electron chi connectivity index (χ4n) is 2.63. The second-order valence-electron chi connectivity index (χ2n) is 5.86. The van der Waals surface area contributed by atoms with Crippen LogP contribution in [0.15, 0.2) is 30.3 Å². The maximum Gasteiger partial charge on any atom is 0.308 e. The van der Waals surface area contributed by atoms with Crippen LogP contribution in [-0.4, -0.2) is 41.1 Å². The van der Waals surface area contributed by atoms with Gasteiger partial charge in [0.15, 0.2) is 5.11 Å². The molecule has 5 nitrogen and oxygen atoms in total. The number of nitrogens with zero attached hydrogens (tertiary/aromatic N) is 2. The molecule has 0 N–H and O–H groups in total. The molecule has 1 amide bonds. The van der Waals surface area contributed by atoms with E-state index in [1.54, 1.807) is 6.92 Å². The lowest BCUT2D eigenvalue weighted by molar-refractivity contribution is -0.145. The highest BCUT2D eigenvalue weighted by Crippen LogP contribution is 2.27. The van der Waals surface area contributed by atoms with Crippen LogP contribution < -0.4 is 4.90 Å². The molecule has 1 aliphatic heterocycles. The Bertz CT molecular complexity index is 589. The lowest BCUT2D eigenvalue weighted by Gasteiger charge is -2.25. The molecule has 1 aliphatic rings. The molecule has 1 fully saturated rings. The number of thiocarbonyl (C=S) groups is 1. The van der Waals surface area contributed by atoms with Gasteiger partial charge in [-0.15, -0.1) is 0 Å². The molecule has 0 spiro atoms. The van der Waals surface area contributed by atoms with E-state index in [0.29, 0.717) is 24.2 Å². The first-order valence-corrected chi connectivity index (χ1v) is 8.21. The summed E-state index contributed by atoms with van der Waals surface area (Å²) in [5.41, 5.74) is 0.725. The van der Waals surface area contributed by atoms with Crippen LogP contribution >= 0.6 is 12.2 Å². The SMILES string of the molecule is CCOC(=O)C[C@@H]1C(=O)N(c2ccccc2)C(=S)N1CC(C)C. The van der Waals surface area contributed by atoms with E-state index in [1.807, 2.05) is 35.2 Å². The number of amides is 1. The van der Waals surface area contributed by atoms with Crippen LogP contribution in [0.3, 0.4) is 0 Å². The number of benzene rings is 1. The van der Waals surface area contributed by atoms with Crippen LogP contribution in [0.5, 0.6) is 0 Å². The van der Waals surface area contributed by atoms with Gasteiger partial charge in [-0.1, -0.05) is 32.0 Å². The van der Waals surface area contributed by atoms with Crippen molar-refractivity contribution in [2.75, 3.05) is 18.1 Å². The van der Waals surface area contributed by atoms with Crippen molar-refractivity contribution in [3.05, 3.63) is 30.3 Å². The largest absolute Gasteiger partial charge is 0.466 e. The van der Waals surface area contributed by atoms with Gasteiger partial charge in [0.05, 0.1) is 18.7 Å². The van der Waals surface area contributed by atoms with Crippen LogP contribution in [0, 0.1) is 5.92 Å². The minimum Gasteiger partial charge on any atom is -0.466 e. The Kier molecular flexibility index (Phi) is 5.71. The van der Waals surface area contributed by atoms with Gasteiger partial charge in [0.2, 0.25) is 0 Å². The number of para-hydroxylation sites is 1. The van der Waals surface area contributed by atoms with E-state index >= 15 is 0 Å². The van der Waals surface area contributed by atoms with Crippen molar-refractivity contribution in [2.24, 2.45) is 5.92 Å². The lowest BCUT2D eigenvalue weighted by Crippen LogP contribution is -2.39. The van der Waals surface area contributed by atoms with Crippen molar-refractivity contribution in [2.45, 2.75) is 33.2 Å². The topological polar surface area (TPSA) is 49.9 Å². The number of ether oxygens (including phenoxy) is 1. The van der Waals surface area contributed by atoms with E-state index in [4.69, 9.17) is 17.0 Å². The average molecular weight is 334 g/mol. The summed E-state index contributed by atoms with van der Waals surface area (Å²) in [6.45, 7) is 6.79. The summed E-state index contributed by atoms with van der Waals surface area (Å²) in [4.78, 5) is 28.1. The Balaban J connectivity index is 2.29. The van der Waals surface area contributed by atoms with Crippen molar-refractivity contribution in [1.29, 1.82) is 0 Å². The van der Waals surface area contributed by atoms with Gasteiger partial charge in [-0.25, -0.2) is 0 Å². The van der Waals surface area contributed by atoms with Gasteiger partial charge in [-0.2, -0.15) is 0 Å². The molecular weight excluding hydrogens is 312 g/mol. The van der Waals surface area contributed by atoms with Crippen molar-refractivity contribution in [1.82, 2.24) is 4.90 Å². The van der Waals surface area contributed by atoms with Gasteiger partial charge in [-0.05, 0) is 37.2 Å². The van der Waals surface area contributed by atoms with Crippen LogP contribution in [0.4, 0.5) is 5.69 Å². The van der Waals surface area contributed by atoms with Crippen molar-refractivity contribution in [3.8, 4) is 0 Å². The zero-order chi connectivity index (χ0) is 17.0. The molecule has 1 saturated heterocycles. The normalized spacial score (nSPS) is 18.0. The zero-order valence-corrected chi connectivity index (χ0v) is 14.5. The highest BCUT2D eigenvalue weighted by Gasteiger charge is 2.44. The first-order valence-electron chi connectivity index (χ1n) is 7.81. The standard InChI is InChI=1S/C17H22N2O3S/c1-4-22-15(20)10-14-16(21)19(13-8-6-5-7-9-13)17(23)18(14)11-12(2)3/h5-9,12,14H,4,10-11H2,1-3H3/t14-/m1/s1. The van der Waals surface area contributed by atoms with E-state index in [-0.39, 0.29) is 18.3 Å². The van der Waals surface area contributed by atoms with Gasteiger partial charge >= 0.3 is 5.97 Å². The Morgan fingerprint density at radius 2 is 1.96 bits per heavy atom. The molecule has 23 heavy (non-hydrogen) atoms. The quantitative estimate of drug-likeness (QED) is 0.591. The Morgan fingerprint density at radius 1 is 1.30 bits per heavy atom. The fraction of sp³-hybridized carbons (Fsp3) is 0.471. The Hall–Kier alpha value is -1.95. The maximum atomic E-state index is 12.8.